The van der Waals surface area contributed by atoms with Gasteiger partial charge in [0.1, 0.15) is 11.6 Å². The number of piperazine rings is 1. The van der Waals surface area contributed by atoms with Crippen molar-refractivity contribution in [2.45, 2.75) is 13.5 Å². The minimum atomic E-state index is -0.622. The molecule has 0 radical (unpaired) electrons. The van der Waals surface area contributed by atoms with E-state index < -0.39 is 11.8 Å². The van der Waals surface area contributed by atoms with E-state index in [1.54, 1.807) is 42.5 Å². The van der Waals surface area contributed by atoms with Crippen LogP contribution < -0.4 is 9.64 Å². The highest BCUT2D eigenvalue weighted by molar-refractivity contribution is 6.40. The quantitative estimate of drug-likeness (QED) is 0.785. The number of benzene rings is 2. The number of hydrogen-bond donors (Lipinski definition) is 0. The summed E-state index contributed by atoms with van der Waals surface area (Å²) >= 11 is 0. The monoisotopic (exact) mass is 342 g/mol. The van der Waals surface area contributed by atoms with Crippen molar-refractivity contribution in [1.29, 1.82) is 0 Å². The van der Waals surface area contributed by atoms with Crippen LogP contribution >= 0.6 is 0 Å². The van der Waals surface area contributed by atoms with Gasteiger partial charge in [-0.3, -0.25) is 9.59 Å². The summed E-state index contributed by atoms with van der Waals surface area (Å²) in [5.41, 5.74) is 1.05. The first-order chi connectivity index (χ1) is 12.1. The number of carbonyl (C=O) groups excluding carboxylic acids is 2. The zero-order valence-electron chi connectivity index (χ0n) is 13.9. The van der Waals surface area contributed by atoms with Crippen LogP contribution in [0.4, 0.5) is 10.1 Å². The lowest BCUT2D eigenvalue weighted by Gasteiger charge is -2.33. The minimum absolute atomic E-state index is 0.0916. The normalized spacial score (nSPS) is 14.8. The lowest BCUT2D eigenvalue weighted by Crippen LogP contribution is -2.54. The van der Waals surface area contributed by atoms with Gasteiger partial charge in [-0.15, -0.1) is 0 Å². The van der Waals surface area contributed by atoms with E-state index in [1.807, 2.05) is 6.92 Å². The maximum absolute atomic E-state index is 13.8. The van der Waals surface area contributed by atoms with Gasteiger partial charge in [0.25, 0.3) is 0 Å². The fourth-order valence-corrected chi connectivity index (χ4v) is 2.79. The molecule has 3 rings (SSSR count). The van der Waals surface area contributed by atoms with Crippen LogP contribution in [-0.2, 0) is 16.1 Å². The third kappa shape index (κ3) is 3.63. The van der Waals surface area contributed by atoms with Crippen molar-refractivity contribution in [3.63, 3.8) is 0 Å². The summed E-state index contributed by atoms with van der Waals surface area (Å²) in [5.74, 6) is -0.893. The second-order valence-corrected chi connectivity index (χ2v) is 5.70. The van der Waals surface area contributed by atoms with E-state index in [2.05, 4.69) is 0 Å². The number of carbonyl (C=O) groups is 2. The fraction of sp³-hybridized carbons (Fsp3) is 0.263. The summed E-state index contributed by atoms with van der Waals surface area (Å²) in [6.45, 7) is 3.27. The Labute approximate surface area is 145 Å². The molecule has 1 heterocycles. The van der Waals surface area contributed by atoms with E-state index in [0.29, 0.717) is 36.7 Å². The zero-order valence-corrected chi connectivity index (χ0v) is 13.9. The molecule has 0 unspecified atom stereocenters. The molecule has 0 aliphatic carbocycles. The Balaban J connectivity index is 1.71. The molecule has 130 valence electrons. The molecule has 1 fully saturated rings. The van der Waals surface area contributed by atoms with Gasteiger partial charge >= 0.3 is 11.8 Å². The van der Waals surface area contributed by atoms with E-state index in [1.165, 1.54) is 15.9 Å². The average molecular weight is 342 g/mol. The topological polar surface area (TPSA) is 49.9 Å². The van der Waals surface area contributed by atoms with E-state index in [9.17, 15) is 14.0 Å². The summed E-state index contributed by atoms with van der Waals surface area (Å²) in [7, 11) is 0. The molecule has 0 saturated carbocycles. The van der Waals surface area contributed by atoms with Gasteiger partial charge in [-0.1, -0.05) is 18.2 Å². The molecule has 0 spiro atoms. The molecule has 1 aliphatic rings. The molecule has 6 heteroatoms. The number of ether oxygens (including phenoxy) is 1. The SMILES string of the molecule is CCOc1ccc(N2CCN(Cc3ccccc3F)C(=O)C2=O)cc1. The van der Waals surface area contributed by atoms with Crippen LogP contribution in [0.1, 0.15) is 12.5 Å². The van der Waals surface area contributed by atoms with E-state index >= 15 is 0 Å². The molecule has 0 N–H and O–H groups in total. The molecule has 5 nitrogen and oxygen atoms in total. The molecule has 25 heavy (non-hydrogen) atoms. The van der Waals surface area contributed by atoms with Crippen LogP contribution in [0.25, 0.3) is 0 Å². The summed E-state index contributed by atoms with van der Waals surface area (Å²) in [5, 5.41) is 0. The lowest BCUT2D eigenvalue weighted by molar-refractivity contribution is -0.146. The van der Waals surface area contributed by atoms with Gasteiger partial charge in [-0.2, -0.15) is 0 Å². The smallest absolute Gasteiger partial charge is 0.316 e. The molecule has 2 aromatic carbocycles. The number of nitrogens with zero attached hydrogens (tertiary/aromatic N) is 2. The number of anilines is 1. The third-order valence-corrected chi connectivity index (χ3v) is 4.09. The van der Waals surface area contributed by atoms with Gasteiger partial charge < -0.3 is 14.5 Å². The predicted octanol–water partition coefficient (Wildman–Crippen LogP) is 2.60. The highest BCUT2D eigenvalue weighted by atomic mass is 19.1. The van der Waals surface area contributed by atoms with Gasteiger partial charge in [0, 0.05) is 30.9 Å². The summed E-state index contributed by atoms with van der Waals surface area (Å²) in [4.78, 5) is 27.6. The van der Waals surface area contributed by atoms with Crippen molar-refractivity contribution in [2.24, 2.45) is 0 Å². The van der Waals surface area contributed by atoms with E-state index in [4.69, 9.17) is 4.74 Å². The van der Waals surface area contributed by atoms with Crippen LogP contribution in [0.5, 0.6) is 5.75 Å². The Morgan fingerprint density at radius 3 is 2.40 bits per heavy atom. The highest BCUT2D eigenvalue weighted by Crippen LogP contribution is 2.22. The van der Waals surface area contributed by atoms with Crippen molar-refractivity contribution < 1.29 is 18.7 Å². The van der Waals surface area contributed by atoms with Crippen LogP contribution in [0.3, 0.4) is 0 Å². The number of rotatable bonds is 5. The minimum Gasteiger partial charge on any atom is -0.494 e. The first kappa shape index (κ1) is 17.0. The second kappa shape index (κ2) is 7.34. The summed E-state index contributed by atoms with van der Waals surface area (Å²) in [6.07, 6.45) is 0. The maximum Gasteiger partial charge on any atom is 0.316 e. The summed E-state index contributed by atoms with van der Waals surface area (Å²) in [6, 6.07) is 13.3. The first-order valence-corrected chi connectivity index (χ1v) is 8.17. The van der Waals surface area contributed by atoms with Crippen molar-refractivity contribution in [3.05, 3.63) is 59.9 Å². The van der Waals surface area contributed by atoms with Crippen molar-refractivity contribution in [1.82, 2.24) is 4.90 Å². The number of hydrogen-bond acceptors (Lipinski definition) is 3. The maximum atomic E-state index is 13.8. The van der Waals surface area contributed by atoms with Crippen molar-refractivity contribution >= 4 is 17.5 Å². The second-order valence-electron chi connectivity index (χ2n) is 5.70. The van der Waals surface area contributed by atoms with E-state index in [-0.39, 0.29) is 12.4 Å². The van der Waals surface area contributed by atoms with Crippen LogP contribution in [0, 0.1) is 5.82 Å². The predicted molar refractivity (Wildman–Crippen MR) is 91.8 cm³/mol. The molecule has 1 aliphatic heterocycles. The Hall–Kier alpha value is -2.89. The van der Waals surface area contributed by atoms with Crippen molar-refractivity contribution in [2.75, 3.05) is 24.6 Å². The molecule has 0 bridgehead atoms. The van der Waals surface area contributed by atoms with Crippen molar-refractivity contribution in [3.8, 4) is 5.75 Å². The van der Waals surface area contributed by atoms with Crippen LogP contribution in [0.2, 0.25) is 0 Å². The van der Waals surface area contributed by atoms with Crippen LogP contribution in [-0.4, -0.2) is 36.4 Å². The van der Waals surface area contributed by atoms with Gasteiger partial charge in [0.05, 0.1) is 6.61 Å². The average Bonchev–Trinajstić information content (AvgIpc) is 2.62. The molecule has 0 aromatic heterocycles. The summed E-state index contributed by atoms with van der Waals surface area (Å²) < 4.78 is 19.1. The Kier molecular flexibility index (Phi) is 4.97. The van der Waals surface area contributed by atoms with Gasteiger partial charge in [-0.25, -0.2) is 4.39 Å². The highest BCUT2D eigenvalue weighted by Gasteiger charge is 2.33. The Bertz CT molecular complexity index is 776. The number of halogens is 1. The zero-order chi connectivity index (χ0) is 17.8. The first-order valence-electron chi connectivity index (χ1n) is 8.17. The van der Waals surface area contributed by atoms with Gasteiger partial charge in [0.15, 0.2) is 0 Å². The third-order valence-electron chi connectivity index (χ3n) is 4.09. The van der Waals surface area contributed by atoms with Gasteiger partial charge in [-0.05, 0) is 37.3 Å². The number of amides is 2. The molecule has 0 atom stereocenters. The largest absolute Gasteiger partial charge is 0.494 e. The van der Waals surface area contributed by atoms with E-state index in [0.717, 1.165) is 0 Å². The Morgan fingerprint density at radius 2 is 1.72 bits per heavy atom. The molecule has 1 saturated heterocycles. The van der Waals surface area contributed by atoms with Gasteiger partial charge in [0.2, 0.25) is 0 Å². The molecular weight excluding hydrogens is 323 g/mol. The Morgan fingerprint density at radius 1 is 1.00 bits per heavy atom. The molecular formula is C19H19FN2O3. The standard InChI is InChI=1S/C19H19FN2O3/c1-2-25-16-9-7-15(8-10-16)22-12-11-21(18(23)19(22)24)13-14-5-3-4-6-17(14)20/h3-10H,2,11-13H2,1H3. The molecule has 2 aromatic rings. The van der Waals surface area contributed by atoms with Crippen LogP contribution in [0.15, 0.2) is 48.5 Å². The lowest BCUT2D eigenvalue weighted by atomic mass is 10.1. The molecule has 2 amide bonds. The fourth-order valence-electron chi connectivity index (χ4n) is 2.79.